The number of nitrogens with zero attached hydrogens (tertiary/aromatic N) is 1. The van der Waals surface area contributed by atoms with Crippen molar-refractivity contribution < 1.29 is 13.2 Å². The Balaban J connectivity index is 2.11. The van der Waals surface area contributed by atoms with Crippen LogP contribution in [0.25, 0.3) is 0 Å². The first-order chi connectivity index (χ1) is 12.2. The maximum atomic E-state index is 12.4. The van der Waals surface area contributed by atoms with E-state index in [0.29, 0.717) is 17.8 Å². The van der Waals surface area contributed by atoms with Crippen LogP contribution in [0, 0.1) is 17.2 Å². The van der Waals surface area contributed by atoms with E-state index in [2.05, 4.69) is 10.0 Å². The summed E-state index contributed by atoms with van der Waals surface area (Å²) in [7, 11) is -3.84. The molecule has 0 unspecified atom stereocenters. The number of rotatable bonds is 6. The fraction of sp³-hybridized carbons (Fsp3) is 0.222. The number of carbonyl (C=O) groups excluding carboxylic acids is 1. The van der Waals surface area contributed by atoms with Crippen LogP contribution in [0.4, 0.5) is 11.4 Å². The normalized spacial score (nSPS) is 11.0. The fourth-order valence-corrected chi connectivity index (χ4v) is 3.54. The van der Waals surface area contributed by atoms with Gasteiger partial charge in [-0.3, -0.25) is 9.52 Å². The first-order valence-corrected chi connectivity index (χ1v) is 9.70. The number of sulfonamides is 1. The van der Waals surface area contributed by atoms with Crippen LogP contribution in [0.1, 0.15) is 25.8 Å². The molecule has 0 atom stereocenters. The van der Waals surface area contributed by atoms with Gasteiger partial charge in [-0.1, -0.05) is 25.4 Å². The van der Waals surface area contributed by atoms with Gasteiger partial charge < -0.3 is 5.32 Å². The number of benzene rings is 2. The summed E-state index contributed by atoms with van der Waals surface area (Å²) in [5.74, 6) is 0.154. The quantitative estimate of drug-likeness (QED) is 0.777. The molecule has 26 heavy (non-hydrogen) atoms. The van der Waals surface area contributed by atoms with E-state index in [0.717, 1.165) is 0 Å². The van der Waals surface area contributed by atoms with E-state index in [1.807, 2.05) is 19.9 Å². The van der Waals surface area contributed by atoms with Crippen LogP contribution < -0.4 is 10.0 Å². The summed E-state index contributed by atoms with van der Waals surface area (Å²) in [6, 6.07) is 12.1. The third-order valence-corrected chi connectivity index (χ3v) is 5.08. The molecule has 0 spiro atoms. The zero-order chi connectivity index (χ0) is 19.3. The molecule has 0 aliphatic rings. The van der Waals surface area contributed by atoms with Crippen LogP contribution in [-0.2, 0) is 14.8 Å². The Labute approximate surface area is 157 Å². The summed E-state index contributed by atoms with van der Waals surface area (Å²) >= 11 is 5.89. The van der Waals surface area contributed by atoms with Crippen molar-refractivity contribution >= 4 is 38.9 Å². The maximum absolute atomic E-state index is 12.4. The molecule has 8 heteroatoms. The third-order valence-electron chi connectivity index (χ3n) is 3.39. The highest BCUT2D eigenvalue weighted by molar-refractivity contribution is 7.92. The number of amides is 1. The topological polar surface area (TPSA) is 99.1 Å². The van der Waals surface area contributed by atoms with Gasteiger partial charge in [-0.2, -0.15) is 5.26 Å². The molecule has 0 heterocycles. The van der Waals surface area contributed by atoms with E-state index >= 15 is 0 Å². The zero-order valence-corrected chi connectivity index (χ0v) is 15.9. The molecule has 0 aromatic heterocycles. The Morgan fingerprint density at radius 2 is 1.77 bits per heavy atom. The largest absolute Gasteiger partial charge is 0.326 e. The number of hydrogen-bond donors (Lipinski definition) is 2. The molecule has 0 saturated carbocycles. The van der Waals surface area contributed by atoms with Crippen LogP contribution >= 0.6 is 11.6 Å². The first-order valence-electron chi connectivity index (χ1n) is 7.83. The average molecular weight is 392 g/mol. The molecule has 2 aromatic carbocycles. The van der Waals surface area contributed by atoms with E-state index in [1.54, 1.807) is 24.3 Å². The minimum atomic E-state index is -3.84. The molecule has 1 amide bonds. The predicted octanol–water partition coefficient (Wildman–Crippen LogP) is 4.00. The van der Waals surface area contributed by atoms with Crippen LogP contribution in [-0.4, -0.2) is 14.3 Å². The SMILES string of the molecule is CC(C)CC(=O)Nc1ccc(NS(=O)(=O)c2ccc(C#N)c(Cl)c2)cc1. The van der Waals surface area contributed by atoms with Crippen molar-refractivity contribution in [2.45, 2.75) is 25.2 Å². The number of nitrogens with one attached hydrogen (secondary N) is 2. The highest BCUT2D eigenvalue weighted by atomic mass is 35.5. The molecule has 0 bridgehead atoms. The molecule has 0 saturated heterocycles. The van der Waals surface area contributed by atoms with Crippen molar-refractivity contribution in [3.63, 3.8) is 0 Å². The summed E-state index contributed by atoms with van der Waals surface area (Å²) < 4.78 is 27.3. The summed E-state index contributed by atoms with van der Waals surface area (Å²) in [6.45, 7) is 3.90. The minimum absolute atomic E-state index is 0.0455. The van der Waals surface area contributed by atoms with Crippen LogP contribution in [0.2, 0.25) is 5.02 Å². The Hall–Kier alpha value is -2.56. The Kier molecular flexibility index (Phi) is 6.24. The van der Waals surface area contributed by atoms with Crippen molar-refractivity contribution in [3.05, 3.63) is 53.1 Å². The second kappa shape index (κ2) is 8.21. The fourth-order valence-electron chi connectivity index (χ4n) is 2.17. The lowest BCUT2D eigenvalue weighted by Crippen LogP contribution is -2.14. The van der Waals surface area contributed by atoms with Gasteiger partial charge in [0.2, 0.25) is 5.91 Å². The molecule has 136 valence electrons. The molecule has 2 rings (SSSR count). The third kappa shape index (κ3) is 5.22. The lowest BCUT2D eigenvalue weighted by atomic mass is 10.1. The van der Waals surface area contributed by atoms with Crippen LogP contribution in [0.3, 0.4) is 0 Å². The number of carbonyl (C=O) groups is 1. The molecule has 0 aliphatic carbocycles. The van der Waals surface area contributed by atoms with Gasteiger partial charge in [-0.25, -0.2) is 8.42 Å². The van der Waals surface area contributed by atoms with Gasteiger partial charge in [0.05, 0.1) is 15.5 Å². The van der Waals surface area contributed by atoms with Gasteiger partial charge in [0.1, 0.15) is 6.07 Å². The Bertz CT molecular complexity index is 949. The molecular formula is C18H18ClN3O3S. The molecular weight excluding hydrogens is 374 g/mol. The minimum Gasteiger partial charge on any atom is -0.326 e. The summed E-state index contributed by atoms with van der Waals surface area (Å²) in [4.78, 5) is 11.7. The Morgan fingerprint density at radius 1 is 1.15 bits per heavy atom. The van der Waals surface area contributed by atoms with E-state index in [4.69, 9.17) is 16.9 Å². The lowest BCUT2D eigenvalue weighted by molar-refractivity contribution is -0.116. The van der Waals surface area contributed by atoms with Gasteiger partial charge >= 0.3 is 0 Å². The smallest absolute Gasteiger partial charge is 0.261 e. The second-order valence-corrected chi connectivity index (χ2v) is 8.17. The van der Waals surface area contributed by atoms with Crippen molar-refractivity contribution in [1.82, 2.24) is 0 Å². The second-order valence-electron chi connectivity index (χ2n) is 6.08. The zero-order valence-electron chi connectivity index (χ0n) is 14.3. The Morgan fingerprint density at radius 3 is 2.31 bits per heavy atom. The number of anilines is 2. The van der Waals surface area contributed by atoms with Crippen LogP contribution in [0.5, 0.6) is 0 Å². The summed E-state index contributed by atoms with van der Waals surface area (Å²) in [5, 5.41) is 11.7. The van der Waals surface area contributed by atoms with E-state index < -0.39 is 10.0 Å². The van der Waals surface area contributed by atoms with Crippen molar-refractivity contribution in [3.8, 4) is 6.07 Å². The molecule has 0 radical (unpaired) electrons. The molecule has 2 N–H and O–H groups in total. The predicted molar refractivity (Wildman–Crippen MR) is 102 cm³/mol. The molecule has 2 aromatic rings. The highest BCUT2D eigenvalue weighted by Crippen LogP contribution is 2.23. The molecule has 6 nitrogen and oxygen atoms in total. The van der Waals surface area contributed by atoms with Gasteiger partial charge in [0, 0.05) is 17.8 Å². The number of nitriles is 1. The summed E-state index contributed by atoms with van der Waals surface area (Å²) in [6.07, 6.45) is 0.411. The van der Waals surface area contributed by atoms with Crippen molar-refractivity contribution in [2.75, 3.05) is 10.0 Å². The first kappa shape index (κ1) is 19.8. The standard InChI is InChI=1S/C18H18ClN3O3S/c1-12(2)9-18(23)21-14-4-6-15(7-5-14)22-26(24,25)16-8-3-13(11-20)17(19)10-16/h3-8,10,12,22H,9H2,1-2H3,(H,21,23). The van der Waals surface area contributed by atoms with E-state index in [1.165, 1.54) is 18.2 Å². The van der Waals surface area contributed by atoms with Crippen molar-refractivity contribution in [2.24, 2.45) is 5.92 Å². The average Bonchev–Trinajstić information content (AvgIpc) is 2.55. The van der Waals surface area contributed by atoms with Gasteiger partial charge in [-0.15, -0.1) is 0 Å². The highest BCUT2D eigenvalue weighted by Gasteiger charge is 2.16. The molecule has 0 aliphatic heterocycles. The van der Waals surface area contributed by atoms with Gasteiger partial charge in [0.15, 0.2) is 0 Å². The monoisotopic (exact) mass is 391 g/mol. The van der Waals surface area contributed by atoms with Crippen molar-refractivity contribution in [1.29, 1.82) is 5.26 Å². The number of hydrogen-bond acceptors (Lipinski definition) is 4. The van der Waals surface area contributed by atoms with Gasteiger partial charge in [-0.05, 0) is 48.4 Å². The lowest BCUT2D eigenvalue weighted by Gasteiger charge is -2.10. The van der Waals surface area contributed by atoms with Gasteiger partial charge in [0.25, 0.3) is 10.0 Å². The number of halogens is 1. The van der Waals surface area contributed by atoms with E-state index in [9.17, 15) is 13.2 Å². The molecule has 0 fully saturated rings. The van der Waals surface area contributed by atoms with E-state index in [-0.39, 0.29) is 27.3 Å². The van der Waals surface area contributed by atoms with Crippen LogP contribution in [0.15, 0.2) is 47.4 Å². The summed E-state index contributed by atoms with van der Waals surface area (Å²) in [5.41, 5.74) is 1.12. The maximum Gasteiger partial charge on any atom is 0.261 e.